The monoisotopic (exact) mass is 283 g/mol. The van der Waals surface area contributed by atoms with Crippen LogP contribution in [0.5, 0.6) is 0 Å². The lowest BCUT2D eigenvalue weighted by Gasteiger charge is -2.35. The fraction of sp³-hybridized carbons (Fsp3) is 0.312. The first-order valence-corrected chi connectivity index (χ1v) is 6.97. The van der Waals surface area contributed by atoms with Gasteiger partial charge in [-0.15, -0.1) is 0 Å². The Morgan fingerprint density at radius 1 is 1.38 bits per heavy atom. The van der Waals surface area contributed by atoms with Crippen molar-refractivity contribution in [3.63, 3.8) is 0 Å². The quantitative estimate of drug-likeness (QED) is 0.898. The van der Waals surface area contributed by atoms with E-state index in [2.05, 4.69) is 9.97 Å². The number of hydrogen-bond acceptors (Lipinski definition) is 4. The molecule has 2 heterocycles. The number of carbonyl (C=O) groups excluding carboxylic acids is 2. The van der Waals surface area contributed by atoms with Crippen LogP contribution in [-0.2, 0) is 5.41 Å². The number of nitrogens with one attached hydrogen (secondary N) is 1. The Balaban J connectivity index is 2.22. The minimum absolute atomic E-state index is 0.0418. The molecule has 0 amide bonds. The molecular weight excluding hydrogens is 266 g/mol. The highest BCUT2D eigenvalue weighted by atomic mass is 16.1. The molecule has 1 aliphatic carbocycles. The predicted octanol–water partition coefficient (Wildman–Crippen LogP) is 1.77. The first kappa shape index (κ1) is 13.7. The van der Waals surface area contributed by atoms with Gasteiger partial charge in [0.2, 0.25) is 0 Å². The molecule has 5 heteroatoms. The molecule has 21 heavy (non-hydrogen) atoms. The molecule has 0 radical (unpaired) electrons. The number of aromatic amines is 1. The minimum Gasteiger partial charge on any atom is -0.358 e. The highest BCUT2D eigenvalue weighted by Gasteiger charge is 2.48. The standard InChI is InChI=1S/C16H17N3O2/c1-10-12(3-2-7-18-10)16(5-6-17)9-13(20)14-11(15(16)21)4-8-19-14/h2-4,7-8,19H,5-6,9,17H2,1H3. The molecule has 0 bridgehead atoms. The van der Waals surface area contributed by atoms with Gasteiger partial charge in [-0.05, 0) is 37.6 Å². The largest absolute Gasteiger partial charge is 0.358 e. The average molecular weight is 283 g/mol. The molecule has 1 unspecified atom stereocenters. The third-order valence-electron chi connectivity index (χ3n) is 4.26. The van der Waals surface area contributed by atoms with E-state index in [4.69, 9.17) is 5.73 Å². The van der Waals surface area contributed by atoms with Crippen LogP contribution in [0.2, 0.25) is 0 Å². The number of H-pyrrole nitrogens is 1. The molecule has 0 aromatic carbocycles. The second kappa shape index (κ2) is 4.93. The zero-order chi connectivity index (χ0) is 15.0. The molecule has 0 aliphatic heterocycles. The van der Waals surface area contributed by atoms with Gasteiger partial charge in [0, 0.05) is 30.1 Å². The van der Waals surface area contributed by atoms with Gasteiger partial charge in [-0.3, -0.25) is 14.6 Å². The van der Waals surface area contributed by atoms with Gasteiger partial charge in [0.15, 0.2) is 11.6 Å². The summed E-state index contributed by atoms with van der Waals surface area (Å²) >= 11 is 0. The summed E-state index contributed by atoms with van der Waals surface area (Å²) in [6.45, 7) is 2.20. The molecule has 2 aromatic rings. The van der Waals surface area contributed by atoms with Crippen LogP contribution in [0.4, 0.5) is 0 Å². The fourth-order valence-corrected chi connectivity index (χ4v) is 3.28. The smallest absolute Gasteiger partial charge is 0.181 e. The van der Waals surface area contributed by atoms with Gasteiger partial charge in [-0.25, -0.2) is 0 Å². The van der Waals surface area contributed by atoms with Crippen LogP contribution in [0.3, 0.4) is 0 Å². The van der Waals surface area contributed by atoms with Crippen LogP contribution in [0.25, 0.3) is 0 Å². The van der Waals surface area contributed by atoms with Gasteiger partial charge >= 0.3 is 0 Å². The lowest BCUT2D eigenvalue weighted by atomic mass is 9.65. The lowest BCUT2D eigenvalue weighted by Crippen LogP contribution is -2.44. The van der Waals surface area contributed by atoms with Crippen molar-refractivity contribution in [2.75, 3.05) is 6.54 Å². The zero-order valence-electron chi connectivity index (χ0n) is 11.8. The SMILES string of the molecule is Cc1ncccc1C1(CCN)CC(=O)c2[nH]ccc2C1=O. The average Bonchev–Trinajstić information content (AvgIpc) is 2.95. The highest BCUT2D eigenvalue weighted by Crippen LogP contribution is 2.41. The summed E-state index contributed by atoms with van der Waals surface area (Å²) in [7, 11) is 0. The van der Waals surface area contributed by atoms with E-state index >= 15 is 0 Å². The summed E-state index contributed by atoms with van der Waals surface area (Å²) in [5.74, 6) is -0.0915. The number of rotatable bonds is 3. The third kappa shape index (κ3) is 1.93. The van der Waals surface area contributed by atoms with Crippen molar-refractivity contribution in [3.8, 4) is 0 Å². The number of aromatic nitrogens is 2. The van der Waals surface area contributed by atoms with E-state index in [9.17, 15) is 9.59 Å². The van der Waals surface area contributed by atoms with Gasteiger partial charge < -0.3 is 10.7 Å². The summed E-state index contributed by atoms with van der Waals surface area (Å²) in [6, 6.07) is 5.34. The topological polar surface area (TPSA) is 88.8 Å². The molecule has 1 aliphatic rings. The number of Topliss-reactive ketones (excluding diaryl/α,β-unsaturated/α-hetero) is 2. The summed E-state index contributed by atoms with van der Waals surface area (Å²) in [5.41, 5.74) is 7.30. The number of fused-ring (bicyclic) bond motifs is 1. The Labute approximate surface area is 122 Å². The Kier molecular flexibility index (Phi) is 3.22. The van der Waals surface area contributed by atoms with Gasteiger partial charge in [0.05, 0.1) is 11.1 Å². The number of nitrogens with two attached hydrogens (primary N) is 1. The van der Waals surface area contributed by atoms with E-state index in [0.717, 1.165) is 11.3 Å². The van der Waals surface area contributed by atoms with Crippen molar-refractivity contribution in [2.45, 2.75) is 25.2 Å². The first-order valence-electron chi connectivity index (χ1n) is 6.97. The molecule has 0 fully saturated rings. The number of pyridine rings is 1. The summed E-state index contributed by atoms with van der Waals surface area (Å²) < 4.78 is 0. The molecule has 5 nitrogen and oxygen atoms in total. The van der Waals surface area contributed by atoms with Crippen LogP contribution in [0.1, 0.15) is 44.9 Å². The second-order valence-corrected chi connectivity index (χ2v) is 5.45. The maximum absolute atomic E-state index is 13.0. The van der Waals surface area contributed by atoms with Gasteiger partial charge in [-0.1, -0.05) is 6.07 Å². The Hall–Kier alpha value is -2.27. The molecular formula is C16H17N3O2. The van der Waals surface area contributed by atoms with Crippen molar-refractivity contribution in [3.05, 3.63) is 53.1 Å². The van der Waals surface area contributed by atoms with Crippen LogP contribution in [0, 0.1) is 6.92 Å². The van der Waals surface area contributed by atoms with Crippen LogP contribution in [0.15, 0.2) is 30.6 Å². The van der Waals surface area contributed by atoms with Crippen molar-refractivity contribution >= 4 is 11.6 Å². The first-order chi connectivity index (χ1) is 10.1. The molecule has 3 N–H and O–H groups in total. The van der Waals surface area contributed by atoms with Gasteiger partial charge in [0.25, 0.3) is 0 Å². The molecule has 108 valence electrons. The summed E-state index contributed by atoms with van der Waals surface area (Å²) in [5, 5.41) is 0. The van der Waals surface area contributed by atoms with Crippen molar-refractivity contribution in [1.29, 1.82) is 0 Å². The number of hydrogen-bond donors (Lipinski definition) is 2. The number of nitrogens with zero attached hydrogens (tertiary/aromatic N) is 1. The van der Waals surface area contributed by atoms with Gasteiger partial charge in [0.1, 0.15) is 0 Å². The van der Waals surface area contributed by atoms with Crippen LogP contribution >= 0.6 is 0 Å². The summed E-state index contributed by atoms with van der Waals surface area (Å²) in [6.07, 6.45) is 3.90. The molecule has 3 rings (SSSR count). The predicted molar refractivity (Wildman–Crippen MR) is 78.4 cm³/mol. The molecule has 0 spiro atoms. The van der Waals surface area contributed by atoms with Gasteiger partial charge in [-0.2, -0.15) is 0 Å². The maximum Gasteiger partial charge on any atom is 0.181 e. The van der Waals surface area contributed by atoms with E-state index < -0.39 is 5.41 Å². The Morgan fingerprint density at radius 2 is 2.19 bits per heavy atom. The van der Waals surface area contributed by atoms with E-state index in [-0.39, 0.29) is 18.0 Å². The molecule has 0 saturated heterocycles. The van der Waals surface area contributed by atoms with E-state index in [1.165, 1.54) is 0 Å². The van der Waals surface area contributed by atoms with E-state index in [1.54, 1.807) is 24.5 Å². The van der Waals surface area contributed by atoms with Crippen molar-refractivity contribution < 1.29 is 9.59 Å². The maximum atomic E-state index is 13.0. The zero-order valence-corrected chi connectivity index (χ0v) is 11.8. The number of aryl methyl sites for hydroxylation is 1. The number of ketones is 2. The van der Waals surface area contributed by atoms with Crippen LogP contribution in [-0.4, -0.2) is 28.1 Å². The van der Waals surface area contributed by atoms with Crippen LogP contribution < -0.4 is 5.73 Å². The lowest BCUT2D eigenvalue weighted by molar-refractivity contribution is 0.0773. The van der Waals surface area contributed by atoms with E-state index in [0.29, 0.717) is 24.2 Å². The van der Waals surface area contributed by atoms with Crippen molar-refractivity contribution in [2.24, 2.45) is 5.73 Å². The highest BCUT2D eigenvalue weighted by molar-refractivity contribution is 6.18. The second-order valence-electron chi connectivity index (χ2n) is 5.45. The fourth-order valence-electron chi connectivity index (χ4n) is 3.28. The number of carbonyl (C=O) groups is 2. The summed E-state index contributed by atoms with van der Waals surface area (Å²) in [4.78, 5) is 32.6. The molecule has 2 aromatic heterocycles. The molecule has 1 atom stereocenters. The molecule has 0 saturated carbocycles. The minimum atomic E-state index is -0.890. The normalized spacial score (nSPS) is 21.4. The third-order valence-corrected chi connectivity index (χ3v) is 4.26. The van der Waals surface area contributed by atoms with Crippen molar-refractivity contribution in [1.82, 2.24) is 9.97 Å². The Morgan fingerprint density at radius 3 is 2.90 bits per heavy atom. The van der Waals surface area contributed by atoms with E-state index in [1.807, 2.05) is 13.0 Å². The Bertz CT molecular complexity index is 720.